The van der Waals surface area contributed by atoms with Gasteiger partial charge in [0.25, 0.3) is 0 Å². The summed E-state index contributed by atoms with van der Waals surface area (Å²) in [7, 11) is 2.12. The highest BCUT2D eigenvalue weighted by atomic mass is 16.1. The molecule has 0 aliphatic carbocycles. The van der Waals surface area contributed by atoms with Crippen molar-refractivity contribution in [1.29, 1.82) is 0 Å². The third-order valence-electron chi connectivity index (χ3n) is 2.75. The average Bonchev–Trinajstić information content (AvgIpc) is 2.30. The Morgan fingerprint density at radius 3 is 2.67 bits per heavy atom. The number of hydrogen-bond donors (Lipinski definition) is 0. The number of aldehydes is 1. The normalized spacial score (nSPS) is 17.8. The molecule has 2 rings (SSSR count). The topological polar surface area (TPSA) is 36.4 Å². The third-order valence-corrected chi connectivity index (χ3v) is 2.75. The summed E-state index contributed by atoms with van der Waals surface area (Å²) < 4.78 is 0. The van der Waals surface area contributed by atoms with Crippen molar-refractivity contribution in [2.75, 3.05) is 38.1 Å². The van der Waals surface area contributed by atoms with Crippen LogP contribution < -0.4 is 4.90 Å². The summed E-state index contributed by atoms with van der Waals surface area (Å²) in [6, 6.07) is 1.89. The zero-order valence-corrected chi connectivity index (χ0v) is 8.89. The van der Waals surface area contributed by atoms with E-state index in [4.69, 9.17) is 0 Å². The molecule has 80 valence electrons. The van der Waals surface area contributed by atoms with E-state index in [1.54, 1.807) is 6.20 Å². The molecule has 1 saturated heterocycles. The minimum absolute atomic E-state index is 0.645. The molecule has 0 aromatic carbocycles. The molecule has 0 N–H and O–H groups in total. The Bertz CT molecular complexity index is 345. The number of carbonyl (C=O) groups is 1. The van der Waals surface area contributed by atoms with E-state index >= 15 is 0 Å². The van der Waals surface area contributed by atoms with E-state index < -0.39 is 0 Å². The van der Waals surface area contributed by atoms with Crippen LogP contribution in [0.15, 0.2) is 18.5 Å². The van der Waals surface area contributed by atoms with Gasteiger partial charge in [-0.25, -0.2) is 0 Å². The van der Waals surface area contributed by atoms with Gasteiger partial charge in [-0.15, -0.1) is 0 Å². The third kappa shape index (κ3) is 2.33. The molecule has 0 unspecified atom stereocenters. The van der Waals surface area contributed by atoms with Gasteiger partial charge in [-0.1, -0.05) is 0 Å². The van der Waals surface area contributed by atoms with E-state index in [1.807, 2.05) is 12.3 Å². The molecule has 0 amide bonds. The fourth-order valence-corrected chi connectivity index (χ4v) is 1.75. The van der Waals surface area contributed by atoms with Crippen LogP contribution in [0.4, 0.5) is 5.69 Å². The Hall–Kier alpha value is -1.42. The van der Waals surface area contributed by atoms with Crippen LogP contribution in [0.25, 0.3) is 0 Å². The van der Waals surface area contributed by atoms with Gasteiger partial charge in [0, 0.05) is 37.9 Å². The van der Waals surface area contributed by atoms with Crippen LogP contribution in [0.5, 0.6) is 0 Å². The van der Waals surface area contributed by atoms with Crippen molar-refractivity contribution < 1.29 is 4.79 Å². The second-order valence-electron chi connectivity index (χ2n) is 3.88. The number of likely N-dealkylation sites (N-methyl/N-ethyl adjacent to an activating group) is 1. The Balaban J connectivity index is 2.11. The number of anilines is 1. The fourth-order valence-electron chi connectivity index (χ4n) is 1.75. The van der Waals surface area contributed by atoms with Gasteiger partial charge in [0.1, 0.15) is 0 Å². The number of hydrogen-bond acceptors (Lipinski definition) is 4. The molecule has 0 spiro atoms. The molecule has 1 aliphatic heterocycles. The van der Waals surface area contributed by atoms with Gasteiger partial charge in [0.15, 0.2) is 6.29 Å². The van der Waals surface area contributed by atoms with Gasteiger partial charge < -0.3 is 9.80 Å². The Morgan fingerprint density at radius 1 is 1.27 bits per heavy atom. The van der Waals surface area contributed by atoms with Crippen molar-refractivity contribution in [2.24, 2.45) is 0 Å². The lowest BCUT2D eigenvalue weighted by molar-refractivity contribution is 0.112. The van der Waals surface area contributed by atoms with Crippen LogP contribution in [0.3, 0.4) is 0 Å². The fraction of sp³-hybridized carbons (Fsp3) is 0.455. The minimum atomic E-state index is 0.645. The first-order chi connectivity index (χ1) is 7.29. The maximum Gasteiger partial charge on any atom is 0.151 e. The molecule has 1 fully saturated rings. The van der Waals surface area contributed by atoms with E-state index in [1.165, 1.54) is 0 Å². The molecule has 0 bridgehead atoms. The van der Waals surface area contributed by atoms with Crippen molar-refractivity contribution in [1.82, 2.24) is 9.88 Å². The Labute approximate surface area is 89.5 Å². The van der Waals surface area contributed by atoms with Crippen molar-refractivity contribution in [3.05, 3.63) is 24.0 Å². The Kier molecular flexibility index (Phi) is 2.97. The van der Waals surface area contributed by atoms with Gasteiger partial charge in [-0.05, 0) is 13.1 Å². The highest BCUT2D eigenvalue weighted by Crippen LogP contribution is 2.15. The number of nitrogens with zero attached hydrogens (tertiary/aromatic N) is 3. The van der Waals surface area contributed by atoms with E-state index in [0.29, 0.717) is 5.56 Å². The molecule has 1 aromatic heterocycles. The second kappa shape index (κ2) is 4.40. The summed E-state index contributed by atoms with van der Waals surface area (Å²) in [5.74, 6) is 0. The van der Waals surface area contributed by atoms with Gasteiger partial charge in [0.05, 0.1) is 11.9 Å². The Morgan fingerprint density at radius 2 is 2.00 bits per heavy atom. The maximum absolute atomic E-state index is 10.6. The van der Waals surface area contributed by atoms with Crippen molar-refractivity contribution in [3.63, 3.8) is 0 Å². The number of piperazine rings is 1. The lowest BCUT2D eigenvalue weighted by Crippen LogP contribution is -2.44. The summed E-state index contributed by atoms with van der Waals surface area (Å²) >= 11 is 0. The van der Waals surface area contributed by atoms with Crippen LogP contribution in [-0.2, 0) is 0 Å². The predicted octanol–water partition coefficient (Wildman–Crippen LogP) is 0.646. The average molecular weight is 205 g/mol. The second-order valence-corrected chi connectivity index (χ2v) is 3.88. The molecular formula is C11H15N3O. The highest BCUT2D eigenvalue weighted by molar-refractivity contribution is 5.76. The summed E-state index contributed by atoms with van der Waals surface area (Å²) in [5.41, 5.74) is 1.69. The van der Waals surface area contributed by atoms with E-state index in [0.717, 1.165) is 38.2 Å². The SMILES string of the molecule is CN1CCN(c2cncc(C=O)c2)CC1. The van der Waals surface area contributed by atoms with E-state index in [9.17, 15) is 4.79 Å². The smallest absolute Gasteiger partial charge is 0.151 e. The van der Waals surface area contributed by atoms with Crippen LogP contribution in [-0.4, -0.2) is 49.4 Å². The van der Waals surface area contributed by atoms with Crippen molar-refractivity contribution >= 4 is 12.0 Å². The summed E-state index contributed by atoms with van der Waals surface area (Å²) in [5, 5.41) is 0. The largest absolute Gasteiger partial charge is 0.368 e. The maximum atomic E-state index is 10.6. The summed E-state index contributed by atoms with van der Waals surface area (Å²) in [6.45, 7) is 4.12. The summed E-state index contributed by atoms with van der Waals surface area (Å²) in [6.07, 6.45) is 4.25. The molecule has 1 aromatic rings. The quantitative estimate of drug-likeness (QED) is 0.664. The first-order valence-electron chi connectivity index (χ1n) is 5.13. The first kappa shape index (κ1) is 10.1. The van der Waals surface area contributed by atoms with Gasteiger partial charge in [0.2, 0.25) is 0 Å². The first-order valence-corrected chi connectivity index (χ1v) is 5.13. The zero-order chi connectivity index (χ0) is 10.7. The van der Waals surface area contributed by atoms with Gasteiger partial charge >= 0.3 is 0 Å². The molecule has 0 atom stereocenters. The molecule has 4 nitrogen and oxygen atoms in total. The minimum Gasteiger partial charge on any atom is -0.368 e. The summed E-state index contributed by atoms with van der Waals surface area (Å²) in [4.78, 5) is 19.3. The molecule has 0 radical (unpaired) electrons. The number of pyridine rings is 1. The lowest BCUT2D eigenvalue weighted by atomic mass is 10.2. The predicted molar refractivity (Wildman–Crippen MR) is 59.3 cm³/mol. The van der Waals surface area contributed by atoms with Gasteiger partial charge in [-0.2, -0.15) is 0 Å². The van der Waals surface area contributed by atoms with Crippen LogP contribution in [0.1, 0.15) is 10.4 Å². The van der Waals surface area contributed by atoms with E-state index in [2.05, 4.69) is 21.8 Å². The van der Waals surface area contributed by atoms with E-state index in [-0.39, 0.29) is 0 Å². The number of aromatic nitrogens is 1. The molecular weight excluding hydrogens is 190 g/mol. The lowest BCUT2D eigenvalue weighted by Gasteiger charge is -2.33. The van der Waals surface area contributed by atoms with Crippen molar-refractivity contribution in [2.45, 2.75) is 0 Å². The van der Waals surface area contributed by atoms with Crippen LogP contribution in [0.2, 0.25) is 0 Å². The standard InChI is InChI=1S/C11H15N3O/c1-13-2-4-14(5-3-13)11-6-10(9-15)7-12-8-11/h6-9H,2-5H2,1H3. The number of carbonyl (C=O) groups excluding carboxylic acids is 1. The molecule has 0 saturated carbocycles. The van der Waals surface area contributed by atoms with Crippen LogP contribution in [0, 0.1) is 0 Å². The molecule has 4 heteroatoms. The van der Waals surface area contributed by atoms with Crippen LogP contribution >= 0.6 is 0 Å². The molecule has 15 heavy (non-hydrogen) atoms. The van der Waals surface area contributed by atoms with Crippen molar-refractivity contribution in [3.8, 4) is 0 Å². The molecule has 1 aliphatic rings. The zero-order valence-electron chi connectivity index (χ0n) is 8.89. The number of rotatable bonds is 2. The van der Waals surface area contributed by atoms with Gasteiger partial charge in [-0.3, -0.25) is 9.78 Å². The highest BCUT2D eigenvalue weighted by Gasteiger charge is 2.14. The monoisotopic (exact) mass is 205 g/mol. The molecule has 2 heterocycles.